The molecule has 0 amide bonds. The number of hydrogen-bond donors (Lipinski definition) is 0. The molecule has 8 nitrogen and oxygen atoms in total. The number of methoxy groups -OCH3 is 1. The van der Waals surface area contributed by atoms with Crippen molar-refractivity contribution in [1.29, 1.82) is 0 Å². The van der Waals surface area contributed by atoms with Gasteiger partial charge in [-0.2, -0.15) is 8.42 Å². The van der Waals surface area contributed by atoms with E-state index in [4.69, 9.17) is 4.74 Å². The first-order valence-corrected chi connectivity index (χ1v) is 6.90. The topological polar surface area (TPSA) is 104 Å². The van der Waals surface area contributed by atoms with Gasteiger partial charge >= 0.3 is 15.8 Å². The number of aryl methyl sites for hydroxylation is 1. The molecule has 2 rings (SSSR count). The van der Waals surface area contributed by atoms with E-state index in [1.807, 2.05) is 0 Å². The summed E-state index contributed by atoms with van der Waals surface area (Å²) in [5.74, 6) is -0.0911. The van der Waals surface area contributed by atoms with E-state index in [1.54, 1.807) is 0 Å². The Balaban J connectivity index is 2.60. The molecule has 1 aromatic heterocycles. The van der Waals surface area contributed by atoms with Crippen LogP contribution in [0.1, 0.15) is 5.82 Å². The number of imidazole rings is 1. The standard InChI is InChI=1S/C11H11N3O5S/c1-8-12-7-11(14(15)16)13(8)20(17,18)10-5-3-9(19-2)4-6-10/h3-7H,1-2H3. The lowest BCUT2D eigenvalue weighted by molar-refractivity contribution is -0.390. The monoisotopic (exact) mass is 297 g/mol. The number of benzene rings is 1. The van der Waals surface area contributed by atoms with Crippen LogP contribution < -0.4 is 4.74 Å². The van der Waals surface area contributed by atoms with E-state index in [1.165, 1.54) is 38.3 Å². The second-order valence-electron chi connectivity index (χ2n) is 3.87. The molecule has 9 heteroatoms. The van der Waals surface area contributed by atoms with Gasteiger partial charge in [0.2, 0.25) is 5.82 Å². The quantitative estimate of drug-likeness (QED) is 0.623. The SMILES string of the molecule is COc1ccc(S(=O)(=O)n2c([N+](=O)[O-])cnc2C)cc1. The van der Waals surface area contributed by atoms with Crippen LogP contribution in [0.25, 0.3) is 0 Å². The lowest BCUT2D eigenvalue weighted by atomic mass is 10.3. The molecule has 2 aromatic rings. The summed E-state index contributed by atoms with van der Waals surface area (Å²) in [5.41, 5.74) is 0. The number of nitro groups is 1. The van der Waals surface area contributed by atoms with Crippen LogP contribution in [0.4, 0.5) is 5.82 Å². The predicted molar refractivity (Wildman–Crippen MR) is 69.2 cm³/mol. The molecule has 0 saturated carbocycles. The molecule has 0 atom stereocenters. The number of ether oxygens (including phenoxy) is 1. The minimum atomic E-state index is -4.07. The third-order valence-corrected chi connectivity index (χ3v) is 4.45. The molecule has 0 aliphatic rings. The van der Waals surface area contributed by atoms with Gasteiger partial charge in [-0.1, -0.05) is 3.97 Å². The Morgan fingerprint density at radius 3 is 2.40 bits per heavy atom. The lowest BCUT2D eigenvalue weighted by Gasteiger charge is -2.05. The molecule has 0 N–H and O–H groups in total. The Labute approximate surface area is 114 Å². The molecular formula is C11H11N3O5S. The van der Waals surface area contributed by atoms with Crippen LogP contribution in [0, 0.1) is 17.0 Å². The molecule has 0 saturated heterocycles. The van der Waals surface area contributed by atoms with Crippen LogP contribution in [-0.2, 0) is 10.0 Å². The second kappa shape index (κ2) is 4.93. The van der Waals surface area contributed by atoms with Gasteiger partial charge in [-0.25, -0.2) is 4.98 Å². The molecule has 1 heterocycles. The minimum Gasteiger partial charge on any atom is -0.497 e. The lowest BCUT2D eigenvalue weighted by Crippen LogP contribution is -2.16. The maximum atomic E-state index is 12.4. The molecular weight excluding hydrogens is 286 g/mol. The van der Waals surface area contributed by atoms with Crippen molar-refractivity contribution in [3.63, 3.8) is 0 Å². The molecule has 0 unspecified atom stereocenters. The maximum Gasteiger partial charge on any atom is 0.358 e. The van der Waals surface area contributed by atoms with E-state index in [2.05, 4.69) is 4.98 Å². The number of nitrogens with zero attached hydrogens (tertiary/aromatic N) is 3. The Morgan fingerprint density at radius 1 is 1.30 bits per heavy atom. The van der Waals surface area contributed by atoms with Gasteiger partial charge in [-0.05, 0) is 29.2 Å². The predicted octanol–water partition coefficient (Wildman–Crippen LogP) is 1.35. The average Bonchev–Trinajstić information content (AvgIpc) is 2.81. The fourth-order valence-corrected chi connectivity index (χ4v) is 3.14. The molecule has 0 radical (unpaired) electrons. The van der Waals surface area contributed by atoms with E-state index in [9.17, 15) is 18.5 Å². The molecule has 0 bridgehead atoms. The summed E-state index contributed by atoms with van der Waals surface area (Å²) < 4.78 is 30.4. The molecule has 0 fully saturated rings. The Hall–Kier alpha value is -2.42. The van der Waals surface area contributed by atoms with Gasteiger partial charge in [0.05, 0.1) is 7.11 Å². The van der Waals surface area contributed by atoms with Crippen molar-refractivity contribution in [3.05, 3.63) is 46.4 Å². The average molecular weight is 297 g/mol. The third-order valence-electron chi connectivity index (χ3n) is 2.65. The third kappa shape index (κ3) is 2.23. The van der Waals surface area contributed by atoms with Gasteiger partial charge in [0, 0.05) is 6.92 Å². The van der Waals surface area contributed by atoms with Gasteiger partial charge in [-0.3, -0.25) is 0 Å². The largest absolute Gasteiger partial charge is 0.497 e. The molecule has 0 aliphatic carbocycles. The minimum absolute atomic E-state index is 0.0209. The first-order chi connectivity index (χ1) is 9.37. The molecule has 0 spiro atoms. The van der Waals surface area contributed by atoms with Crippen molar-refractivity contribution in [1.82, 2.24) is 8.96 Å². The number of rotatable bonds is 4. The Kier molecular flexibility index (Phi) is 3.45. The van der Waals surface area contributed by atoms with Crippen molar-refractivity contribution >= 4 is 15.8 Å². The Morgan fingerprint density at radius 2 is 1.90 bits per heavy atom. The van der Waals surface area contributed by atoms with Gasteiger partial charge in [0.15, 0.2) is 0 Å². The summed E-state index contributed by atoms with van der Waals surface area (Å²) in [6.07, 6.45) is 0.913. The van der Waals surface area contributed by atoms with Crippen molar-refractivity contribution < 1.29 is 18.1 Å². The van der Waals surface area contributed by atoms with Crippen LogP contribution in [0.3, 0.4) is 0 Å². The zero-order valence-corrected chi connectivity index (χ0v) is 11.5. The smallest absolute Gasteiger partial charge is 0.358 e. The van der Waals surface area contributed by atoms with Crippen LogP contribution in [0.5, 0.6) is 5.75 Å². The van der Waals surface area contributed by atoms with Crippen LogP contribution >= 0.6 is 0 Å². The number of aromatic nitrogens is 2. The van der Waals surface area contributed by atoms with E-state index >= 15 is 0 Å². The van der Waals surface area contributed by atoms with E-state index in [-0.39, 0.29) is 10.7 Å². The highest BCUT2D eigenvalue weighted by atomic mass is 32.2. The van der Waals surface area contributed by atoms with Crippen molar-refractivity contribution in [3.8, 4) is 5.75 Å². The fourth-order valence-electron chi connectivity index (χ4n) is 1.69. The number of hydrogen-bond acceptors (Lipinski definition) is 6. The highest BCUT2D eigenvalue weighted by Gasteiger charge is 2.31. The summed E-state index contributed by atoms with van der Waals surface area (Å²) >= 11 is 0. The maximum absolute atomic E-state index is 12.4. The van der Waals surface area contributed by atoms with E-state index in [0.717, 1.165) is 6.20 Å². The first kappa shape index (κ1) is 14.0. The first-order valence-electron chi connectivity index (χ1n) is 5.46. The van der Waals surface area contributed by atoms with Gasteiger partial charge in [0.1, 0.15) is 16.8 Å². The van der Waals surface area contributed by atoms with Crippen LogP contribution in [-0.4, -0.2) is 29.4 Å². The zero-order chi connectivity index (χ0) is 14.9. The highest BCUT2D eigenvalue weighted by Crippen LogP contribution is 2.24. The Bertz CT molecular complexity index is 749. The van der Waals surface area contributed by atoms with Crippen molar-refractivity contribution in [2.45, 2.75) is 11.8 Å². The molecule has 106 valence electrons. The summed E-state index contributed by atoms with van der Waals surface area (Å²) in [6.45, 7) is 1.38. The van der Waals surface area contributed by atoms with Gasteiger partial charge < -0.3 is 14.9 Å². The summed E-state index contributed by atoms with van der Waals surface area (Å²) in [5, 5.41) is 10.9. The zero-order valence-electron chi connectivity index (χ0n) is 10.7. The second-order valence-corrected chi connectivity index (χ2v) is 5.65. The van der Waals surface area contributed by atoms with E-state index in [0.29, 0.717) is 9.72 Å². The fraction of sp³-hybridized carbons (Fsp3) is 0.182. The van der Waals surface area contributed by atoms with E-state index < -0.39 is 20.8 Å². The van der Waals surface area contributed by atoms with Crippen molar-refractivity contribution in [2.24, 2.45) is 0 Å². The summed E-state index contributed by atoms with van der Waals surface area (Å²) in [6, 6.07) is 5.56. The van der Waals surface area contributed by atoms with Gasteiger partial charge in [0.25, 0.3) is 0 Å². The summed E-state index contributed by atoms with van der Waals surface area (Å²) in [7, 11) is -2.62. The van der Waals surface area contributed by atoms with Crippen LogP contribution in [0.2, 0.25) is 0 Å². The normalized spacial score (nSPS) is 11.3. The summed E-state index contributed by atoms with van der Waals surface area (Å²) in [4.78, 5) is 13.7. The van der Waals surface area contributed by atoms with Gasteiger partial charge in [-0.15, -0.1) is 0 Å². The van der Waals surface area contributed by atoms with Crippen LogP contribution in [0.15, 0.2) is 35.4 Å². The molecule has 20 heavy (non-hydrogen) atoms. The van der Waals surface area contributed by atoms with Crippen molar-refractivity contribution in [2.75, 3.05) is 7.11 Å². The molecule has 1 aromatic carbocycles. The molecule has 0 aliphatic heterocycles. The highest BCUT2D eigenvalue weighted by molar-refractivity contribution is 7.90.